The summed E-state index contributed by atoms with van der Waals surface area (Å²) in [6.45, 7) is 0.317. The van der Waals surface area contributed by atoms with Gasteiger partial charge in [0.1, 0.15) is 23.5 Å². The van der Waals surface area contributed by atoms with Gasteiger partial charge in [-0.05, 0) is 29.8 Å². The number of nitrogens with zero attached hydrogens (tertiary/aromatic N) is 1. The van der Waals surface area contributed by atoms with Crippen molar-refractivity contribution in [1.82, 2.24) is 5.32 Å². The molecule has 2 aromatic carbocycles. The second-order valence-electron chi connectivity index (χ2n) is 4.93. The van der Waals surface area contributed by atoms with Gasteiger partial charge in [0.05, 0.1) is 24.3 Å². The monoisotopic (exact) mass is 318 g/mol. The minimum Gasteiger partial charge on any atom is -0.495 e. The lowest BCUT2D eigenvalue weighted by Gasteiger charge is -2.14. The molecule has 0 saturated carbocycles. The van der Waals surface area contributed by atoms with E-state index in [-0.39, 0.29) is 12.1 Å². The Hall–Kier alpha value is -2.49. The van der Waals surface area contributed by atoms with E-state index in [1.54, 1.807) is 18.2 Å². The maximum absolute atomic E-state index is 13.6. The highest BCUT2D eigenvalue weighted by molar-refractivity contribution is 5.45. The van der Waals surface area contributed by atoms with Crippen LogP contribution in [0.1, 0.15) is 22.8 Å². The lowest BCUT2D eigenvalue weighted by atomic mass is 10.1. The van der Waals surface area contributed by atoms with Crippen LogP contribution in [0.4, 0.5) is 8.78 Å². The molecule has 0 spiro atoms. The molecule has 0 aromatic heterocycles. The van der Waals surface area contributed by atoms with Crippen molar-refractivity contribution in [3.8, 4) is 11.8 Å². The van der Waals surface area contributed by atoms with Gasteiger partial charge >= 0.3 is 0 Å². The van der Waals surface area contributed by atoms with Crippen molar-refractivity contribution in [2.45, 2.75) is 12.6 Å². The molecular formula is C17H16F2N2O2. The molecule has 0 aliphatic carbocycles. The van der Waals surface area contributed by atoms with Gasteiger partial charge < -0.3 is 15.2 Å². The SMILES string of the molecule is COc1ccc(CNCC(O)c2c(F)cccc2F)cc1C#N. The zero-order valence-electron chi connectivity index (χ0n) is 12.5. The second kappa shape index (κ2) is 7.68. The second-order valence-corrected chi connectivity index (χ2v) is 4.93. The minimum absolute atomic E-state index is 0.0221. The highest BCUT2D eigenvalue weighted by atomic mass is 19.1. The number of nitrogens with one attached hydrogen (secondary N) is 1. The molecule has 0 aliphatic rings. The summed E-state index contributed by atoms with van der Waals surface area (Å²) in [6.07, 6.45) is -1.30. The molecule has 0 fully saturated rings. The van der Waals surface area contributed by atoms with Crippen LogP contribution in [0.2, 0.25) is 0 Å². The van der Waals surface area contributed by atoms with E-state index in [2.05, 4.69) is 5.32 Å². The van der Waals surface area contributed by atoms with Gasteiger partial charge in [-0.15, -0.1) is 0 Å². The molecule has 0 saturated heterocycles. The van der Waals surface area contributed by atoms with E-state index in [1.165, 1.54) is 13.2 Å². The van der Waals surface area contributed by atoms with E-state index in [0.29, 0.717) is 17.9 Å². The molecule has 0 radical (unpaired) electrons. The molecule has 0 amide bonds. The van der Waals surface area contributed by atoms with Crippen LogP contribution < -0.4 is 10.1 Å². The van der Waals surface area contributed by atoms with Crippen LogP contribution in [0.25, 0.3) is 0 Å². The largest absolute Gasteiger partial charge is 0.495 e. The van der Waals surface area contributed by atoms with E-state index in [9.17, 15) is 13.9 Å². The molecule has 2 aromatic rings. The fourth-order valence-corrected chi connectivity index (χ4v) is 2.24. The molecule has 0 bridgehead atoms. The van der Waals surface area contributed by atoms with Crippen molar-refractivity contribution >= 4 is 0 Å². The lowest BCUT2D eigenvalue weighted by molar-refractivity contribution is 0.164. The topological polar surface area (TPSA) is 65.3 Å². The van der Waals surface area contributed by atoms with E-state index in [1.807, 2.05) is 6.07 Å². The smallest absolute Gasteiger partial charge is 0.136 e. The van der Waals surface area contributed by atoms with Crippen molar-refractivity contribution in [2.75, 3.05) is 13.7 Å². The van der Waals surface area contributed by atoms with Gasteiger partial charge in [-0.2, -0.15) is 5.26 Å². The number of ether oxygens (including phenoxy) is 1. The maximum Gasteiger partial charge on any atom is 0.136 e. The molecular weight excluding hydrogens is 302 g/mol. The summed E-state index contributed by atoms with van der Waals surface area (Å²) in [4.78, 5) is 0. The summed E-state index contributed by atoms with van der Waals surface area (Å²) in [5.41, 5.74) is 0.837. The van der Waals surface area contributed by atoms with Crippen LogP contribution in [0, 0.1) is 23.0 Å². The van der Waals surface area contributed by atoms with Gasteiger partial charge in [-0.3, -0.25) is 0 Å². The highest BCUT2D eigenvalue weighted by Crippen LogP contribution is 2.21. The van der Waals surface area contributed by atoms with E-state index >= 15 is 0 Å². The van der Waals surface area contributed by atoms with Crippen molar-refractivity contribution in [1.29, 1.82) is 5.26 Å². The molecule has 120 valence electrons. The van der Waals surface area contributed by atoms with Gasteiger partial charge in [0.2, 0.25) is 0 Å². The van der Waals surface area contributed by atoms with Crippen molar-refractivity contribution in [3.05, 3.63) is 64.7 Å². The third-order valence-electron chi connectivity index (χ3n) is 3.38. The first-order chi connectivity index (χ1) is 11.1. The number of methoxy groups -OCH3 is 1. The quantitative estimate of drug-likeness (QED) is 0.859. The molecule has 2 N–H and O–H groups in total. The molecule has 1 unspecified atom stereocenters. The summed E-state index contributed by atoms with van der Waals surface area (Å²) >= 11 is 0. The van der Waals surface area contributed by atoms with E-state index < -0.39 is 17.7 Å². The van der Waals surface area contributed by atoms with E-state index in [4.69, 9.17) is 10.00 Å². The standard InChI is InChI=1S/C17H16F2N2O2/c1-23-16-6-5-11(7-12(16)8-20)9-21-10-15(22)17-13(18)3-2-4-14(17)19/h2-7,15,21-22H,9-10H2,1H3. The molecule has 2 rings (SSSR count). The Kier molecular flexibility index (Phi) is 5.63. The Morgan fingerprint density at radius 3 is 2.57 bits per heavy atom. The number of nitriles is 1. The van der Waals surface area contributed by atoms with Gasteiger partial charge in [0, 0.05) is 13.1 Å². The third-order valence-corrected chi connectivity index (χ3v) is 3.38. The summed E-state index contributed by atoms with van der Waals surface area (Å²) in [6, 6.07) is 10.6. The van der Waals surface area contributed by atoms with Crippen molar-refractivity contribution in [3.63, 3.8) is 0 Å². The zero-order chi connectivity index (χ0) is 16.8. The number of halogens is 2. The van der Waals surface area contributed by atoms with Crippen LogP contribution in [0.5, 0.6) is 5.75 Å². The van der Waals surface area contributed by atoms with Crippen molar-refractivity contribution in [2.24, 2.45) is 0 Å². The Morgan fingerprint density at radius 1 is 1.26 bits per heavy atom. The molecule has 0 heterocycles. The van der Waals surface area contributed by atoms with Crippen LogP contribution >= 0.6 is 0 Å². The van der Waals surface area contributed by atoms with Gasteiger partial charge in [0.15, 0.2) is 0 Å². The molecule has 4 nitrogen and oxygen atoms in total. The van der Waals surface area contributed by atoms with Gasteiger partial charge in [-0.25, -0.2) is 8.78 Å². The molecule has 6 heteroatoms. The maximum atomic E-state index is 13.6. The third kappa shape index (κ3) is 4.03. The first kappa shape index (κ1) is 16.9. The molecule has 1 atom stereocenters. The van der Waals surface area contributed by atoms with Crippen molar-refractivity contribution < 1.29 is 18.6 Å². The minimum atomic E-state index is -1.30. The molecule has 0 aliphatic heterocycles. The number of aliphatic hydroxyl groups is 1. The fraction of sp³-hybridized carbons (Fsp3) is 0.235. The first-order valence-corrected chi connectivity index (χ1v) is 6.96. The Morgan fingerprint density at radius 2 is 1.96 bits per heavy atom. The van der Waals surface area contributed by atoms with Crippen LogP contribution in [0.3, 0.4) is 0 Å². The fourth-order valence-electron chi connectivity index (χ4n) is 2.24. The predicted octanol–water partition coefficient (Wildman–Crippen LogP) is 2.67. The number of benzene rings is 2. The highest BCUT2D eigenvalue weighted by Gasteiger charge is 2.17. The summed E-state index contributed by atoms with van der Waals surface area (Å²) in [5.74, 6) is -1.09. The normalized spacial score (nSPS) is 11.8. The summed E-state index contributed by atoms with van der Waals surface area (Å²) in [7, 11) is 1.48. The summed E-state index contributed by atoms with van der Waals surface area (Å²) < 4.78 is 32.2. The number of rotatable bonds is 6. The average Bonchev–Trinajstić information content (AvgIpc) is 2.54. The zero-order valence-corrected chi connectivity index (χ0v) is 12.5. The average molecular weight is 318 g/mol. The molecule has 23 heavy (non-hydrogen) atoms. The van der Waals surface area contributed by atoms with Gasteiger partial charge in [-0.1, -0.05) is 12.1 Å². The van der Waals surface area contributed by atoms with Crippen LogP contribution in [-0.2, 0) is 6.54 Å². The van der Waals surface area contributed by atoms with Gasteiger partial charge in [0.25, 0.3) is 0 Å². The predicted molar refractivity (Wildman–Crippen MR) is 80.7 cm³/mol. The lowest BCUT2D eigenvalue weighted by Crippen LogP contribution is -2.22. The van der Waals surface area contributed by atoms with E-state index in [0.717, 1.165) is 17.7 Å². The van der Waals surface area contributed by atoms with Crippen LogP contribution in [-0.4, -0.2) is 18.8 Å². The Labute approximate surface area is 132 Å². The Balaban J connectivity index is 1.99. The number of hydrogen-bond donors (Lipinski definition) is 2. The first-order valence-electron chi connectivity index (χ1n) is 6.96. The van der Waals surface area contributed by atoms with Crippen LogP contribution in [0.15, 0.2) is 36.4 Å². The number of hydrogen-bond acceptors (Lipinski definition) is 4. The number of aliphatic hydroxyl groups excluding tert-OH is 1. The summed E-state index contributed by atoms with van der Waals surface area (Å²) in [5, 5.41) is 21.9. The Bertz CT molecular complexity index is 709.